The van der Waals surface area contributed by atoms with Gasteiger partial charge in [0, 0.05) is 24.4 Å². The van der Waals surface area contributed by atoms with Crippen LogP contribution < -0.4 is 5.73 Å². The minimum absolute atomic E-state index is 0.0369. The van der Waals surface area contributed by atoms with E-state index in [2.05, 4.69) is 9.97 Å². The molecular weight excluding hydrogens is 448 g/mol. The zero-order chi connectivity index (χ0) is 24.1. The molecule has 8 nitrogen and oxygen atoms in total. The van der Waals surface area contributed by atoms with Gasteiger partial charge in [-0.25, -0.2) is 14.8 Å². The van der Waals surface area contributed by atoms with E-state index in [1.165, 1.54) is 0 Å². The van der Waals surface area contributed by atoms with Crippen molar-refractivity contribution in [3.63, 3.8) is 0 Å². The van der Waals surface area contributed by atoms with Crippen LogP contribution in [0, 0.1) is 11.1 Å². The van der Waals surface area contributed by atoms with Crippen LogP contribution in [-0.2, 0) is 34.9 Å². The average molecular weight is 469 g/mol. The van der Waals surface area contributed by atoms with Crippen molar-refractivity contribution in [2.75, 3.05) is 19.6 Å². The van der Waals surface area contributed by atoms with Crippen LogP contribution in [0.25, 0.3) is 0 Å². The number of hydrogen-bond acceptors (Lipinski definition) is 6. The zero-order valence-electron chi connectivity index (χ0n) is 17.0. The van der Waals surface area contributed by atoms with Gasteiger partial charge in [0.15, 0.2) is 5.69 Å². The van der Waals surface area contributed by atoms with Crippen LogP contribution in [0.4, 0.5) is 26.3 Å². The van der Waals surface area contributed by atoms with Gasteiger partial charge in [0.1, 0.15) is 6.54 Å². The van der Waals surface area contributed by atoms with E-state index in [0.29, 0.717) is 0 Å². The largest absolute Gasteiger partial charge is 0.625 e. The standard InChI is InChI=1S/C18H21F6N5O3/c1-9-4-14(31)29(32,7-9)8-10(25)5-13(30)28-3-2-11-12(6-28)26-16(18(22,23)24)27-15(11)17(19,20)21/h9-10H,2-8,25H2,1H3/t9?,10-,29?/m1/s1. The number of fused-ring (bicyclic) bond motifs is 1. The van der Waals surface area contributed by atoms with Gasteiger partial charge in [-0.2, -0.15) is 26.3 Å². The van der Waals surface area contributed by atoms with E-state index in [1.54, 1.807) is 6.92 Å². The van der Waals surface area contributed by atoms with E-state index in [-0.39, 0.29) is 44.8 Å². The van der Waals surface area contributed by atoms with Crippen molar-refractivity contribution >= 4 is 11.8 Å². The number of quaternary nitrogens is 1. The molecule has 0 spiro atoms. The quantitative estimate of drug-likeness (QED) is 0.410. The van der Waals surface area contributed by atoms with E-state index < -0.39 is 64.2 Å². The second-order valence-corrected chi connectivity index (χ2v) is 8.30. The van der Waals surface area contributed by atoms with Crippen molar-refractivity contribution in [3.05, 3.63) is 28.0 Å². The van der Waals surface area contributed by atoms with Crippen LogP contribution in [-0.4, -0.2) is 57.0 Å². The van der Waals surface area contributed by atoms with E-state index in [1.807, 2.05) is 0 Å². The fraction of sp³-hybridized carbons (Fsp3) is 0.667. The fourth-order valence-electron chi connectivity index (χ4n) is 4.11. The van der Waals surface area contributed by atoms with E-state index in [9.17, 15) is 41.1 Å². The first-order chi connectivity index (χ1) is 14.6. The Morgan fingerprint density at radius 3 is 2.44 bits per heavy atom. The lowest BCUT2D eigenvalue weighted by Crippen LogP contribution is -2.52. The third-order valence-corrected chi connectivity index (χ3v) is 5.49. The average Bonchev–Trinajstić information content (AvgIpc) is 2.89. The molecule has 2 aliphatic rings. The first kappa shape index (κ1) is 24.3. The maximum Gasteiger partial charge on any atom is 0.451 e. The Bertz CT molecular complexity index is 922. The van der Waals surface area contributed by atoms with Gasteiger partial charge in [0.25, 0.3) is 0 Å². The molecule has 1 saturated heterocycles. The molecule has 2 N–H and O–H groups in total. The number of alkyl halides is 6. The SMILES string of the molecule is CC1CC(=O)[N+]([O-])(C[C@H](N)CC(=O)N2CCc3c(nc(C(F)(F)F)nc3C(F)(F)F)C2)C1. The van der Waals surface area contributed by atoms with Gasteiger partial charge in [-0.3, -0.25) is 9.44 Å². The van der Waals surface area contributed by atoms with Gasteiger partial charge >= 0.3 is 18.3 Å². The molecule has 0 bridgehead atoms. The number of likely N-dealkylation sites (tertiary alicyclic amines) is 1. The smallest absolute Gasteiger partial charge is 0.451 e. The number of nitrogens with zero attached hydrogens (tertiary/aromatic N) is 4. The number of aromatic nitrogens is 2. The summed E-state index contributed by atoms with van der Waals surface area (Å²) in [6, 6.07) is -1.00. The molecule has 0 radical (unpaired) electrons. The molecule has 14 heteroatoms. The summed E-state index contributed by atoms with van der Waals surface area (Å²) in [4.78, 5) is 31.4. The highest BCUT2D eigenvalue weighted by molar-refractivity contribution is 5.77. The summed E-state index contributed by atoms with van der Waals surface area (Å²) in [5.74, 6) is -3.25. The van der Waals surface area contributed by atoms with Gasteiger partial charge in [0.05, 0.1) is 31.2 Å². The Balaban J connectivity index is 1.75. The number of carbonyl (C=O) groups excluding carboxylic acids is 2. The Morgan fingerprint density at radius 2 is 1.91 bits per heavy atom. The lowest BCUT2D eigenvalue weighted by Gasteiger charge is -2.38. The predicted octanol–water partition coefficient (Wildman–Crippen LogP) is 2.00. The van der Waals surface area contributed by atoms with Crippen molar-refractivity contribution in [1.29, 1.82) is 0 Å². The molecule has 1 aromatic rings. The third-order valence-electron chi connectivity index (χ3n) is 5.49. The third kappa shape index (κ3) is 5.02. The molecule has 2 amide bonds. The predicted molar refractivity (Wildman–Crippen MR) is 95.9 cm³/mol. The lowest BCUT2D eigenvalue weighted by molar-refractivity contribution is -0.798. The summed E-state index contributed by atoms with van der Waals surface area (Å²) >= 11 is 0. The summed E-state index contributed by atoms with van der Waals surface area (Å²) in [7, 11) is 0. The molecule has 32 heavy (non-hydrogen) atoms. The van der Waals surface area contributed by atoms with Crippen molar-refractivity contribution < 1.29 is 40.6 Å². The summed E-state index contributed by atoms with van der Waals surface area (Å²) in [6.45, 7) is 0.656. The molecule has 3 heterocycles. The van der Waals surface area contributed by atoms with E-state index in [0.717, 1.165) is 4.90 Å². The topological polar surface area (TPSA) is 112 Å². The van der Waals surface area contributed by atoms with Crippen molar-refractivity contribution in [3.8, 4) is 0 Å². The van der Waals surface area contributed by atoms with Crippen LogP contribution in [0.1, 0.15) is 42.5 Å². The molecule has 178 valence electrons. The summed E-state index contributed by atoms with van der Waals surface area (Å²) < 4.78 is 77.6. The number of halogens is 6. The van der Waals surface area contributed by atoms with Crippen molar-refractivity contribution in [2.24, 2.45) is 11.7 Å². The molecule has 2 unspecified atom stereocenters. The van der Waals surface area contributed by atoms with Crippen LogP contribution in [0.5, 0.6) is 0 Å². The summed E-state index contributed by atoms with van der Waals surface area (Å²) in [5, 5.41) is 12.6. The highest BCUT2D eigenvalue weighted by Crippen LogP contribution is 2.37. The lowest BCUT2D eigenvalue weighted by atomic mass is 10.0. The first-order valence-corrected chi connectivity index (χ1v) is 9.79. The molecule has 1 aromatic heterocycles. The van der Waals surface area contributed by atoms with Crippen LogP contribution in [0.15, 0.2) is 0 Å². The zero-order valence-corrected chi connectivity index (χ0v) is 17.0. The molecule has 0 saturated carbocycles. The minimum atomic E-state index is -5.20. The second kappa shape index (κ2) is 8.23. The Labute approximate surface area is 178 Å². The Hall–Kier alpha value is -2.32. The van der Waals surface area contributed by atoms with Crippen molar-refractivity contribution in [1.82, 2.24) is 14.9 Å². The van der Waals surface area contributed by atoms with E-state index >= 15 is 0 Å². The second-order valence-electron chi connectivity index (χ2n) is 8.30. The summed E-state index contributed by atoms with van der Waals surface area (Å²) in [6.07, 6.45) is -11.0. The van der Waals surface area contributed by atoms with Gasteiger partial charge < -0.3 is 15.8 Å². The van der Waals surface area contributed by atoms with Gasteiger partial charge in [-0.15, -0.1) is 0 Å². The molecule has 3 rings (SSSR count). The number of hydroxylamine groups is 3. The highest BCUT2D eigenvalue weighted by Gasteiger charge is 2.44. The fourth-order valence-corrected chi connectivity index (χ4v) is 4.11. The monoisotopic (exact) mass is 469 g/mol. The van der Waals surface area contributed by atoms with Crippen LogP contribution in [0.2, 0.25) is 0 Å². The molecule has 3 atom stereocenters. The summed E-state index contributed by atoms with van der Waals surface area (Å²) in [5.41, 5.74) is 3.18. The van der Waals surface area contributed by atoms with Gasteiger partial charge in [-0.05, 0) is 6.42 Å². The number of amides is 2. The van der Waals surface area contributed by atoms with Crippen molar-refractivity contribution in [2.45, 2.75) is 51.1 Å². The Kier molecular flexibility index (Phi) is 6.25. The molecule has 0 aliphatic carbocycles. The molecular formula is C18H21F6N5O3. The number of hydrogen-bond donors (Lipinski definition) is 1. The van der Waals surface area contributed by atoms with E-state index in [4.69, 9.17) is 5.73 Å². The normalized spacial score (nSPS) is 25.1. The Morgan fingerprint density at radius 1 is 1.25 bits per heavy atom. The maximum absolute atomic E-state index is 13.2. The molecule has 2 aliphatic heterocycles. The van der Waals surface area contributed by atoms with Crippen LogP contribution >= 0.6 is 0 Å². The highest BCUT2D eigenvalue weighted by atomic mass is 19.4. The van der Waals surface area contributed by atoms with Crippen LogP contribution in [0.3, 0.4) is 0 Å². The minimum Gasteiger partial charge on any atom is -0.625 e. The van der Waals surface area contributed by atoms with Gasteiger partial charge in [-0.1, -0.05) is 6.92 Å². The molecule has 0 aromatic carbocycles. The van der Waals surface area contributed by atoms with Gasteiger partial charge in [0.2, 0.25) is 11.7 Å². The number of rotatable bonds is 4. The first-order valence-electron chi connectivity index (χ1n) is 9.79. The number of nitrogens with two attached hydrogens (primary N) is 1. The maximum atomic E-state index is 13.2. The number of carbonyl (C=O) groups is 2. The molecule has 1 fully saturated rings.